The molecule has 1 aliphatic heterocycles. The van der Waals surface area contributed by atoms with E-state index in [1.165, 1.54) is 18.5 Å². The number of ether oxygens (including phenoxy) is 1. The molecule has 1 amide bonds. The fourth-order valence-corrected chi connectivity index (χ4v) is 2.86. The number of carbonyl (C=O) groups is 1. The molecule has 1 aromatic carbocycles. The molecular weight excluding hydrogens is 389 g/mol. The largest absolute Gasteiger partial charge is 0.573 e. The highest BCUT2D eigenvalue weighted by Crippen LogP contribution is 2.26. The number of aromatic nitrogens is 4. The molecule has 1 saturated heterocycles. The summed E-state index contributed by atoms with van der Waals surface area (Å²) in [6.45, 7) is 0.938. The molecule has 4 rings (SSSR count). The molecule has 0 saturated carbocycles. The molecule has 29 heavy (non-hydrogen) atoms. The Kier molecular flexibility index (Phi) is 4.79. The van der Waals surface area contributed by atoms with Gasteiger partial charge in [-0.3, -0.25) is 4.79 Å². The van der Waals surface area contributed by atoms with Crippen molar-refractivity contribution in [2.75, 3.05) is 23.3 Å². The van der Waals surface area contributed by atoms with Gasteiger partial charge in [-0.1, -0.05) is 0 Å². The number of anilines is 2. The third-order valence-corrected chi connectivity index (χ3v) is 4.31. The molecule has 0 aliphatic carbocycles. The lowest BCUT2D eigenvalue weighted by atomic mass is 9.99. The summed E-state index contributed by atoms with van der Waals surface area (Å²) in [5, 5.41) is 6.81. The zero-order valence-corrected chi connectivity index (χ0v) is 14.9. The predicted octanol–water partition coefficient (Wildman–Crippen LogP) is 2.64. The van der Waals surface area contributed by atoms with E-state index in [0.717, 1.165) is 12.1 Å². The maximum absolute atomic E-state index is 12.3. The van der Waals surface area contributed by atoms with Crippen LogP contribution in [0.3, 0.4) is 0 Å². The SMILES string of the molecule is O=C(Nc1ccc(OC(F)(F)F)cc1)C1CN(c2cc(-n3cccn3)ncn2)C1. The topological polar surface area (TPSA) is 85.2 Å². The number of amides is 1. The van der Waals surface area contributed by atoms with Crippen LogP contribution in [-0.4, -0.2) is 45.1 Å². The van der Waals surface area contributed by atoms with Gasteiger partial charge >= 0.3 is 6.36 Å². The normalized spacial score (nSPS) is 14.4. The minimum Gasteiger partial charge on any atom is -0.406 e. The maximum Gasteiger partial charge on any atom is 0.573 e. The van der Waals surface area contributed by atoms with E-state index in [9.17, 15) is 18.0 Å². The second kappa shape index (κ2) is 7.41. The second-order valence-corrected chi connectivity index (χ2v) is 6.35. The Labute approximate surface area is 162 Å². The molecule has 2 aromatic heterocycles. The first-order valence-corrected chi connectivity index (χ1v) is 8.61. The summed E-state index contributed by atoms with van der Waals surface area (Å²) in [5.74, 6) is 0.482. The molecule has 1 N–H and O–H groups in total. The van der Waals surface area contributed by atoms with Gasteiger partial charge in [0.05, 0.1) is 5.92 Å². The number of hydrogen-bond donors (Lipinski definition) is 1. The summed E-state index contributed by atoms with van der Waals surface area (Å²) in [4.78, 5) is 22.7. The Bertz CT molecular complexity index is 986. The number of rotatable bonds is 5. The van der Waals surface area contributed by atoms with Crippen molar-refractivity contribution in [2.45, 2.75) is 6.36 Å². The summed E-state index contributed by atoms with van der Waals surface area (Å²) in [6.07, 6.45) is 0.0970. The third-order valence-electron chi connectivity index (χ3n) is 4.31. The van der Waals surface area contributed by atoms with Crippen molar-refractivity contribution in [1.82, 2.24) is 19.7 Å². The molecule has 11 heteroatoms. The summed E-state index contributed by atoms with van der Waals surface area (Å²) < 4.78 is 42.0. The van der Waals surface area contributed by atoms with Crippen molar-refractivity contribution in [3.8, 4) is 11.6 Å². The molecule has 0 spiro atoms. The van der Waals surface area contributed by atoms with Gasteiger partial charge in [-0.25, -0.2) is 14.6 Å². The number of nitrogens with one attached hydrogen (secondary N) is 1. The Hall–Kier alpha value is -3.63. The van der Waals surface area contributed by atoms with Crippen LogP contribution in [0.15, 0.2) is 55.1 Å². The molecule has 8 nitrogen and oxygen atoms in total. The van der Waals surface area contributed by atoms with Crippen molar-refractivity contribution < 1.29 is 22.7 Å². The fraction of sp³-hybridized carbons (Fsp3) is 0.222. The third kappa shape index (κ3) is 4.45. The van der Waals surface area contributed by atoms with Crippen molar-refractivity contribution in [2.24, 2.45) is 5.92 Å². The molecule has 0 atom stereocenters. The summed E-state index contributed by atoms with van der Waals surface area (Å²) in [6, 6.07) is 8.57. The molecule has 1 fully saturated rings. The lowest BCUT2D eigenvalue weighted by molar-refractivity contribution is -0.274. The van der Waals surface area contributed by atoms with Gasteiger partial charge in [0.25, 0.3) is 0 Å². The number of hydrogen-bond acceptors (Lipinski definition) is 6. The first kappa shape index (κ1) is 18.7. The van der Waals surface area contributed by atoms with Crippen LogP contribution in [0, 0.1) is 5.92 Å². The van der Waals surface area contributed by atoms with Crippen molar-refractivity contribution in [3.63, 3.8) is 0 Å². The Balaban J connectivity index is 1.32. The van der Waals surface area contributed by atoms with Crippen molar-refractivity contribution in [3.05, 3.63) is 55.1 Å². The van der Waals surface area contributed by atoms with Gasteiger partial charge in [0, 0.05) is 37.2 Å². The van der Waals surface area contributed by atoms with Crippen molar-refractivity contribution in [1.29, 1.82) is 0 Å². The standard InChI is InChI=1S/C18H15F3N6O2/c19-18(20,21)29-14-4-2-13(3-5-14)25-17(28)12-9-26(10-12)15-8-16(23-11-22-15)27-7-1-6-24-27/h1-8,11-12H,9-10H2,(H,25,28). The van der Waals surface area contributed by atoms with Crippen LogP contribution in [0.1, 0.15) is 0 Å². The van der Waals surface area contributed by atoms with E-state index < -0.39 is 6.36 Å². The monoisotopic (exact) mass is 404 g/mol. The summed E-state index contributed by atoms with van der Waals surface area (Å²) in [5.41, 5.74) is 0.394. The molecular formula is C18H15F3N6O2. The van der Waals surface area contributed by atoms with Gasteiger partial charge in [-0.15, -0.1) is 13.2 Å². The zero-order valence-electron chi connectivity index (χ0n) is 14.9. The fourth-order valence-electron chi connectivity index (χ4n) is 2.86. The van der Waals surface area contributed by atoms with Crippen LogP contribution < -0.4 is 15.0 Å². The Morgan fingerprint density at radius 3 is 2.52 bits per heavy atom. The van der Waals surface area contributed by atoms with E-state index in [4.69, 9.17) is 0 Å². The molecule has 3 heterocycles. The molecule has 1 aliphatic rings. The molecule has 3 aromatic rings. The van der Waals surface area contributed by atoms with Gasteiger partial charge in [-0.2, -0.15) is 5.10 Å². The first-order valence-electron chi connectivity index (χ1n) is 8.61. The summed E-state index contributed by atoms with van der Waals surface area (Å²) >= 11 is 0. The van der Waals surface area contributed by atoms with E-state index >= 15 is 0 Å². The number of alkyl halides is 3. The first-order chi connectivity index (χ1) is 13.9. The van der Waals surface area contributed by atoms with E-state index in [0.29, 0.717) is 30.4 Å². The molecule has 0 unspecified atom stereocenters. The molecule has 150 valence electrons. The lowest BCUT2D eigenvalue weighted by Gasteiger charge is -2.39. The smallest absolute Gasteiger partial charge is 0.406 e. The van der Waals surface area contributed by atoms with Gasteiger partial charge in [0.1, 0.15) is 17.9 Å². The van der Waals surface area contributed by atoms with E-state index in [2.05, 4.69) is 25.1 Å². The summed E-state index contributed by atoms with van der Waals surface area (Å²) in [7, 11) is 0. The van der Waals surface area contributed by atoms with E-state index in [1.54, 1.807) is 29.2 Å². The maximum atomic E-state index is 12.3. The van der Waals surface area contributed by atoms with Crippen LogP contribution in [0.25, 0.3) is 5.82 Å². The highest BCUT2D eigenvalue weighted by molar-refractivity contribution is 5.94. The zero-order chi connectivity index (χ0) is 20.4. The second-order valence-electron chi connectivity index (χ2n) is 6.35. The quantitative estimate of drug-likeness (QED) is 0.704. The van der Waals surface area contributed by atoms with E-state index in [1.807, 2.05) is 4.90 Å². The Morgan fingerprint density at radius 1 is 1.14 bits per heavy atom. The lowest BCUT2D eigenvalue weighted by Crippen LogP contribution is -2.52. The number of nitrogens with zero attached hydrogens (tertiary/aromatic N) is 5. The van der Waals surface area contributed by atoms with Crippen LogP contribution in [-0.2, 0) is 4.79 Å². The van der Waals surface area contributed by atoms with Gasteiger partial charge in [0.15, 0.2) is 5.82 Å². The Morgan fingerprint density at radius 2 is 1.86 bits per heavy atom. The molecule has 0 bridgehead atoms. The number of benzene rings is 1. The number of halogens is 3. The van der Waals surface area contributed by atoms with Crippen LogP contribution in [0.5, 0.6) is 5.75 Å². The van der Waals surface area contributed by atoms with Crippen LogP contribution in [0.2, 0.25) is 0 Å². The minimum atomic E-state index is -4.75. The average Bonchev–Trinajstić information content (AvgIpc) is 3.16. The minimum absolute atomic E-state index is 0.216. The van der Waals surface area contributed by atoms with Crippen LogP contribution >= 0.6 is 0 Å². The van der Waals surface area contributed by atoms with Crippen LogP contribution in [0.4, 0.5) is 24.7 Å². The highest BCUT2D eigenvalue weighted by atomic mass is 19.4. The van der Waals surface area contributed by atoms with Gasteiger partial charge in [-0.05, 0) is 30.3 Å². The van der Waals surface area contributed by atoms with Crippen molar-refractivity contribution >= 4 is 17.4 Å². The van der Waals surface area contributed by atoms with Gasteiger partial charge < -0.3 is 15.0 Å². The van der Waals surface area contributed by atoms with Gasteiger partial charge in [0.2, 0.25) is 5.91 Å². The average molecular weight is 404 g/mol. The molecule has 0 radical (unpaired) electrons. The van der Waals surface area contributed by atoms with E-state index in [-0.39, 0.29) is 17.6 Å². The predicted molar refractivity (Wildman–Crippen MR) is 96.6 cm³/mol. The highest BCUT2D eigenvalue weighted by Gasteiger charge is 2.34. The number of carbonyl (C=O) groups excluding carboxylic acids is 1.